The van der Waals surface area contributed by atoms with E-state index in [0.717, 1.165) is 6.07 Å². The minimum absolute atomic E-state index is 0.0554. The minimum atomic E-state index is -0.636. The molecule has 0 saturated carbocycles. The molecule has 21 heavy (non-hydrogen) atoms. The number of halogens is 1. The first-order valence-electron chi connectivity index (χ1n) is 5.75. The summed E-state index contributed by atoms with van der Waals surface area (Å²) >= 11 is 0. The highest BCUT2D eigenvalue weighted by Gasteiger charge is 2.16. The summed E-state index contributed by atoms with van der Waals surface area (Å²) in [6.45, 7) is 0. The smallest absolute Gasteiger partial charge is 0.177 e. The lowest BCUT2D eigenvalue weighted by atomic mass is 10.1. The van der Waals surface area contributed by atoms with E-state index in [1.54, 1.807) is 12.1 Å². The van der Waals surface area contributed by atoms with Crippen molar-refractivity contribution in [1.82, 2.24) is 0 Å². The van der Waals surface area contributed by atoms with Crippen molar-refractivity contribution in [1.29, 1.82) is 10.5 Å². The van der Waals surface area contributed by atoms with E-state index in [1.807, 2.05) is 0 Å². The molecule has 0 aliphatic rings. The van der Waals surface area contributed by atoms with Gasteiger partial charge in [-0.2, -0.15) is 10.5 Å². The van der Waals surface area contributed by atoms with Gasteiger partial charge in [-0.1, -0.05) is 12.1 Å². The normalized spacial score (nSPS) is 10.2. The van der Waals surface area contributed by atoms with Crippen LogP contribution in [0.2, 0.25) is 0 Å². The molecule has 0 atom stereocenters. The molecule has 5 nitrogen and oxygen atoms in total. The van der Waals surface area contributed by atoms with Gasteiger partial charge in [-0.15, -0.1) is 0 Å². The zero-order valence-electron chi connectivity index (χ0n) is 10.6. The average molecular weight is 281 g/mol. The average Bonchev–Trinajstić information content (AvgIpc) is 2.49. The quantitative estimate of drug-likeness (QED) is 0.652. The van der Waals surface area contributed by atoms with Crippen LogP contribution in [0.25, 0.3) is 0 Å². The summed E-state index contributed by atoms with van der Waals surface area (Å²) in [5.41, 5.74) is 0.140. The van der Waals surface area contributed by atoms with Crippen molar-refractivity contribution in [3.05, 3.63) is 52.8 Å². The molecule has 102 valence electrons. The fraction of sp³-hybridized carbons (Fsp3) is 0. The molecule has 0 spiro atoms. The number of aliphatic imine (C=N–C) groups is 1. The Labute approximate surface area is 119 Å². The first-order chi connectivity index (χ1) is 10.1. The van der Waals surface area contributed by atoms with Gasteiger partial charge in [0.05, 0.1) is 5.56 Å². The maximum absolute atomic E-state index is 12.8. The fourth-order valence-corrected chi connectivity index (χ4v) is 1.66. The number of benzene rings is 2. The molecule has 2 N–H and O–H groups in total. The molecule has 2 rings (SSSR count). The summed E-state index contributed by atoms with van der Waals surface area (Å²) in [4.78, 5) is 3.99. The highest BCUT2D eigenvalue weighted by molar-refractivity contribution is 5.84. The summed E-state index contributed by atoms with van der Waals surface area (Å²) in [5, 5.41) is 37.1. The largest absolute Gasteiger partial charge is 0.504 e. The van der Waals surface area contributed by atoms with Crippen molar-refractivity contribution in [3.63, 3.8) is 0 Å². The van der Waals surface area contributed by atoms with Gasteiger partial charge in [-0.25, -0.2) is 4.39 Å². The zero-order valence-corrected chi connectivity index (χ0v) is 10.6. The molecule has 0 aliphatic carbocycles. The minimum Gasteiger partial charge on any atom is -0.504 e. The molecule has 0 aromatic heterocycles. The predicted molar refractivity (Wildman–Crippen MR) is 72.9 cm³/mol. The lowest BCUT2D eigenvalue weighted by molar-refractivity contribution is 0.402. The number of hydrogen-bond acceptors (Lipinski definition) is 5. The molecule has 2 aromatic carbocycles. The van der Waals surface area contributed by atoms with Crippen LogP contribution in [0.5, 0.6) is 11.5 Å². The number of aromatic hydroxyl groups is 2. The third kappa shape index (κ3) is 2.80. The van der Waals surface area contributed by atoms with Crippen molar-refractivity contribution in [2.75, 3.05) is 0 Å². The summed E-state index contributed by atoms with van der Waals surface area (Å²) in [6, 6.07) is 9.92. The zero-order chi connectivity index (χ0) is 15.4. The first kappa shape index (κ1) is 14.0. The maximum atomic E-state index is 12.8. The van der Waals surface area contributed by atoms with E-state index in [9.17, 15) is 14.6 Å². The molecule has 0 aliphatic heterocycles. The summed E-state index contributed by atoms with van der Waals surface area (Å²) in [5.74, 6) is -1.60. The fourth-order valence-electron chi connectivity index (χ4n) is 1.66. The van der Waals surface area contributed by atoms with E-state index >= 15 is 0 Å². The summed E-state index contributed by atoms with van der Waals surface area (Å²) < 4.78 is 12.8. The second-order valence-electron chi connectivity index (χ2n) is 4.05. The highest BCUT2D eigenvalue weighted by atomic mass is 19.1. The van der Waals surface area contributed by atoms with Crippen LogP contribution in [0.4, 0.5) is 10.1 Å². The Kier molecular flexibility index (Phi) is 3.83. The highest BCUT2D eigenvalue weighted by Crippen LogP contribution is 2.38. The lowest BCUT2D eigenvalue weighted by Crippen LogP contribution is -1.87. The van der Waals surface area contributed by atoms with Crippen LogP contribution in [-0.2, 0) is 0 Å². The molecule has 0 unspecified atom stereocenters. The Hall–Kier alpha value is -3.38. The van der Waals surface area contributed by atoms with Crippen LogP contribution < -0.4 is 0 Å². The maximum Gasteiger partial charge on any atom is 0.177 e. The number of phenolic OH excluding ortho intramolecular Hbond substituents is 2. The van der Waals surface area contributed by atoms with Gasteiger partial charge in [-0.3, -0.25) is 4.99 Å². The van der Waals surface area contributed by atoms with Gasteiger partial charge >= 0.3 is 0 Å². The van der Waals surface area contributed by atoms with Crippen LogP contribution in [0, 0.1) is 28.5 Å². The lowest BCUT2D eigenvalue weighted by Gasteiger charge is -2.05. The second kappa shape index (κ2) is 5.72. The van der Waals surface area contributed by atoms with E-state index in [1.165, 1.54) is 30.5 Å². The van der Waals surface area contributed by atoms with Crippen molar-refractivity contribution in [2.24, 2.45) is 4.99 Å². The van der Waals surface area contributed by atoms with Crippen molar-refractivity contribution in [2.45, 2.75) is 0 Å². The molecule has 6 heteroatoms. The molecule has 2 aromatic rings. The second-order valence-corrected chi connectivity index (χ2v) is 4.05. The van der Waals surface area contributed by atoms with Gasteiger partial charge in [0.2, 0.25) is 0 Å². The molecule has 0 amide bonds. The molecule has 0 bridgehead atoms. The van der Waals surface area contributed by atoms with Crippen LogP contribution in [0.1, 0.15) is 16.7 Å². The number of nitriles is 2. The van der Waals surface area contributed by atoms with Gasteiger partial charge in [-0.05, 0) is 17.7 Å². The van der Waals surface area contributed by atoms with Crippen LogP contribution in [0.15, 0.2) is 35.3 Å². The Bertz CT molecular complexity index is 800. The number of phenols is 2. The van der Waals surface area contributed by atoms with Crippen LogP contribution in [-0.4, -0.2) is 16.4 Å². The van der Waals surface area contributed by atoms with Gasteiger partial charge < -0.3 is 10.2 Å². The van der Waals surface area contributed by atoms with E-state index in [2.05, 4.69) is 4.99 Å². The van der Waals surface area contributed by atoms with Crippen molar-refractivity contribution < 1.29 is 14.6 Å². The van der Waals surface area contributed by atoms with E-state index in [-0.39, 0.29) is 16.8 Å². The Morgan fingerprint density at radius 2 is 1.76 bits per heavy atom. The number of hydrogen-bond donors (Lipinski definition) is 2. The number of nitrogens with zero attached hydrogens (tertiary/aromatic N) is 3. The predicted octanol–water partition coefficient (Wildman–Crippen LogP) is 2.73. The third-order valence-corrected chi connectivity index (χ3v) is 2.70. The van der Waals surface area contributed by atoms with E-state index in [4.69, 9.17) is 10.5 Å². The summed E-state index contributed by atoms with van der Waals surface area (Å²) in [6.07, 6.45) is 1.33. The Balaban J connectivity index is 2.54. The van der Waals surface area contributed by atoms with Crippen molar-refractivity contribution in [3.8, 4) is 23.6 Å². The first-order valence-corrected chi connectivity index (χ1v) is 5.75. The van der Waals surface area contributed by atoms with E-state index < -0.39 is 17.3 Å². The standard InChI is InChI=1S/C15H8FN3O2/c16-11-3-1-9(2-4-11)8-19-14-10(6-17)5-13(20)15(21)12(14)7-18/h1-5,8,20-21H. The molecule has 0 heterocycles. The Morgan fingerprint density at radius 1 is 1.10 bits per heavy atom. The van der Waals surface area contributed by atoms with Gasteiger partial charge in [0.1, 0.15) is 29.2 Å². The molecule has 0 fully saturated rings. The van der Waals surface area contributed by atoms with Crippen LogP contribution >= 0.6 is 0 Å². The van der Waals surface area contributed by atoms with Gasteiger partial charge in [0.15, 0.2) is 11.5 Å². The third-order valence-electron chi connectivity index (χ3n) is 2.70. The monoisotopic (exact) mass is 281 g/mol. The van der Waals surface area contributed by atoms with Gasteiger partial charge in [0, 0.05) is 12.3 Å². The SMILES string of the molecule is N#Cc1cc(O)c(O)c(C#N)c1N=Cc1ccc(F)cc1. The number of rotatable bonds is 2. The van der Waals surface area contributed by atoms with Gasteiger partial charge in [0.25, 0.3) is 0 Å². The molecular formula is C15H8FN3O2. The summed E-state index contributed by atoms with van der Waals surface area (Å²) in [7, 11) is 0. The van der Waals surface area contributed by atoms with Crippen LogP contribution in [0.3, 0.4) is 0 Å². The molecule has 0 saturated heterocycles. The Morgan fingerprint density at radius 3 is 2.33 bits per heavy atom. The van der Waals surface area contributed by atoms with E-state index in [0.29, 0.717) is 5.56 Å². The molecular weight excluding hydrogens is 273 g/mol. The van der Waals surface area contributed by atoms with Crippen molar-refractivity contribution >= 4 is 11.9 Å². The molecule has 0 radical (unpaired) electrons. The topological polar surface area (TPSA) is 100 Å².